The molecule has 0 bridgehead atoms. The van der Waals surface area contributed by atoms with Crippen LogP contribution >= 0.6 is 7.60 Å². The molecule has 80 valence electrons. The number of hydrogen-bond acceptors (Lipinski definition) is 1. The fourth-order valence-corrected chi connectivity index (χ4v) is 2.38. The lowest BCUT2D eigenvalue weighted by molar-refractivity contribution is 0.363. The van der Waals surface area contributed by atoms with E-state index < -0.39 is 7.60 Å². The summed E-state index contributed by atoms with van der Waals surface area (Å²) in [6.07, 6.45) is 1.51. The van der Waals surface area contributed by atoms with Crippen LogP contribution in [0.1, 0.15) is 5.56 Å². The standard InChI is InChI=1S/C10H12NO3P/c1-8-6-11(7-15(12,13)14)10-5-3-2-4-9(8)10/h2-6H,7H2,1H3,(H2,12,13,14). The number of nitrogens with zero attached hydrogens (tertiary/aromatic N) is 1. The first-order valence-corrected chi connectivity index (χ1v) is 6.36. The number of aryl methyl sites for hydroxylation is 1. The second-order valence-electron chi connectivity index (χ2n) is 3.61. The highest BCUT2D eigenvalue weighted by atomic mass is 31.2. The highest BCUT2D eigenvalue weighted by molar-refractivity contribution is 7.50. The van der Waals surface area contributed by atoms with Crippen LogP contribution < -0.4 is 0 Å². The maximum Gasteiger partial charge on any atom is 0.345 e. The van der Waals surface area contributed by atoms with E-state index >= 15 is 0 Å². The van der Waals surface area contributed by atoms with Crippen LogP contribution in [0.4, 0.5) is 0 Å². The first-order valence-electron chi connectivity index (χ1n) is 4.56. The largest absolute Gasteiger partial charge is 0.345 e. The Morgan fingerprint density at radius 1 is 1.33 bits per heavy atom. The van der Waals surface area contributed by atoms with Crippen LogP contribution in [0.3, 0.4) is 0 Å². The molecule has 2 aromatic rings. The highest BCUT2D eigenvalue weighted by Crippen LogP contribution is 2.38. The van der Waals surface area contributed by atoms with Crippen molar-refractivity contribution >= 4 is 18.5 Å². The summed E-state index contributed by atoms with van der Waals surface area (Å²) >= 11 is 0. The molecule has 0 radical (unpaired) electrons. The van der Waals surface area contributed by atoms with Gasteiger partial charge >= 0.3 is 7.60 Å². The van der Waals surface area contributed by atoms with Gasteiger partial charge in [-0.15, -0.1) is 0 Å². The van der Waals surface area contributed by atoms with Crippen molar-refractivity contribution in [2.75, 3.05) is 0 Å². The van der Waals surface area contributed by atoms with E-state index in [2.05, 4.69) is 0 Å². The Labute approximate surface area is 87.3 Å². The molecule has 1 heterocycles. The third kappa shape index (κ3) is 2.12. The number of fused-ring (bicyclic) bond motifs is 1. The normalized spacial score (nSPS) is 12.2. The lowest BCUT2D eigenvalue weighted by atomic mass is 10.2. The minimum Gasteiger partial charge on any atom is -0.335 e. The summed E-state index contributed by atoms with van der Waals surface area (Å²) in [5, 5.41) is 1.03. The van der Waals surface area contributed by atoms with Gasteiger partial charge < -0.3 is 14.4 Å². The van der Waals surface area contributed by atoms with Crippen molar-refractivity contribution in [3.63, 3.8) is 0 Å². The van der Waals surface area contributed by atoms with Crippen LogP contribution in [0.2, 0.25) is 0 Å². The zero-order valence-electron chi connectivity index (χ0n) is 8.29. The van der Waals surface area contributed by atoms with Crippen molar-refractivity contribution in [1.82, 2.24) is 4.57 Å². The number of rotatable bonds is 2. The first kappa shape index (κ1) is 10.4. The predicted octanol–water partition coefficient (Wildman–Crippen LogP) is 2.08. The molecule has 0 saturated carbocycles. The van der Waals surface area contributed by atoms with E-state index in [4.69, 9.17) is 9.79 Å². The van der Waals surface area contributed by atoms with E-state index in [1.807, 2.05) is 31.2 Å². The van der Waals surface area contributed by atoms with Crippen molar-refractivity contribution in [3.8, 4) is 0 Å². The number of aromatic nitrogens is 1. The average Bonchev–Trinajstić information content (AvgIpc) is 2.42. The molecule has 4 nitrogen and oxygen atoms in total. The molecule has 0 unspecified atom stereocenters. The molecule has 0 aliphatic rings. The van der Waals surface area contributed by atoms with Gasteiger partial charge in [-0.3, -0.25) is 4.57 Å². The lowest BCUT2D eigenvalue weighted by Crippen LogP contribution is -1.96. The van der Waals surface area contributed by atoms with Gasteiger partial charge in [0.25, 0.3) is 0 Å². The van der Waals surface area contributed by atoms with Gasteiger partial charge in [0.1, 0.15) is 6.29 Å². The van der Waals surface area contributed by atoms with Crippen molar-refractivity contribution in [2.45, 2.75) is 13.2 Å². The summed E-state index contributed by atoms with van der Waals surface area (Å²) in [6.45, 7) is 1.93. The molecule has 0 spiro atoms. The zero-order chi connectivity index (χ0) is 11.1. The SMILES string of the molecule is Cc1cn(CP(=O)(O)O)c2ccccc12. The van der Waals surface area contributed by atoms with E-state index in [0.717, 1.165) is 16.5 Å². The molecule has 0 atom stereocenters. The lowest BCUT2D eigenvalue weighted by Gasteiger charge is -2.06. The molecule has 5 heteroatoms. The topological polar surface area (TPSA) is 62.5 Å². The van der Waals surface area contributed by atoms with E-state index in [1.165, 1.54) is 0 Å². The van der Waals surface area contributed by atoms with Crippen LogP contribution in [0, 0.1) is 6.92 Å². The summed E-state index contributed by atoms with van der Waals surface area (Å²) in [5.41, 5.74) is 1.89. The Hall–Kier alpha value is -1.09. The molecule has 1 aromatic heterocycles. The average molecular weight is 225 g/mol. The minimum absolute atomic E-state index is 0.263. The number of benzene rings is 1. The number of para-hydroxylation sites is 1. The fraction of sp³-hybridized carbons (Fsp3) is 0.200. The molecular formula is C10H12NO3P. The molecule has 0 saturated heterocycles. The third-order valence-electron chi connectivity index (χ3n) is 2.32. The Bertz CT molecular complexity index is 541. The third-order valence-corrected chi connectivity index (χ3v) is 3.00. The molecule has 0 amide bonds. The second kappa shape index (κ2) is 3.49. The van der Waals surface area contributed by atoms with E-state index in [9.17, 15) is 4.57 Å². The van der Waals surface area contributed by atoms with Gasteiger partial charge in [-0.25, -0.2) is 0 Å². The Balaban J connectivity index is 2.58. The van der Waals surface area contributed by atoms with Gasteiger partial charge in [-0.2, -0.15) is 0 Å². The zero-order valence-corrected chi connectivity index (χ0v) is 9.19. The first-order chi connectivity index (χ1) is 6.97. The van der Waals surface area contributed by atoms with Gasteiger partial charge in [-0.05, 0) is 18.6 Å². The monoisotopic (exact) mass is 225 g/mol. The van der Waals surface area contributed by atoms with Gasteiger partial charge in [0, 0.05) is 17.1 Å². The second-order valence-corrected chi connectivity index (χ2v) is 5.22. The quantitative estimate of drug-likeness (QED) is 0.769. The Kier molecular flexibility index (Phi) is 2.43. The van der Waals surface area contributed by atoms with Crippen LogP contribution in [-0.4, -0.2) is 14.4 Å². The van der Waals surface area contributed by atoms with Crippen molar-refractivity contribution in [3.05, 3.63) is 36.0 Å². The molecule has 0 aliphatic carbocycles. The molecule has 1 aromatic carbocycles. The summed E-state index contributed by atoms with van der Waals surface area (Å²) in [4.78, 5) is 17.9. The Morgan fingerprint density at radius 3 is 2.67 bits per heavy atom. The maximum absolute atomic E-state index is 10.9. The minimum atomic E-state index is -4.02. The molecule has 2 N–H and O–H groups in total. The highest BCUT2D eigenvalue weighted by Gasteiger charge is 2.15. The van der Waals surface area contributed by atoms with Crippen molar-refractivity contribution < 1.29 is 14.4 Å². The molecule has 2 rings (SSSR count). The Morgan fingerprint density at radius 2 is 2.00 bits per heavy atom. The molecule has 15 heavy (non-hydrogen) atoms. The van der Waals surface area contributed by atoms with Crippen molar-refractivity contribution in [2.24, 2.45) is 0 Å². The van der Waals surface area contributed by atoms with E-state index in [1.54, 1.807) is 10.8 Å². The van der Waals surface area contributed by atoms with E-state index in [0.29, 0.717) is 0 Å². The smallest absolute Gasteiger partial charge is 0.335 e. The van der Waals surface area contributed by atoms with Gasteiger partial charge in [0.05, 0.1) is 0 Å². The van der Waals surface area contributed by atoms with Gasteiger partial charge in [0.15, 0.2) is 0 Å². The van der Waals surface area contributed by atoms with Crippen LogP contribution in [-0.2, 0) is 10.9 Å². The van der Waals surface area contributed by atoms with Crippen LogP contribution in [0.25, 0.3) is 10.9 Å². The number of hydrogen-bond donors (Lipinski definition) is 2. The summed E-state index contributed by atoms with van der Waals surface area (Å²) in [6, 6.07) is 7.58. The maximum atomic E-state index is 10.9. The summed E-state index contributed by atoms with van der Waals surface area (Å²) < 4.78 is 12.5. The fourth-order valence-electron chi connectivity index (χ4n) is 1.75. The van der Waals surface area contributed by atoms with Crippen molar-refractivity contribution in [1.29, 1.82) is 0 Å². The predicted molar refractivity (Wildman–Crippen MR) is 58.7 cm³/mol. The molecule has 0 aliphatic heterocycles. The van der Waals surface area contributed by atoms with Crippen LogP contribution in [0.15, 0.2) is 30.5 Å². The van der Waals surface area contributed by atoms with E-state index in [-0.39, 0.29) is 6.29 Å². The summed E-state index contributed by atoms with van der Waals surface area (Å²) in [5.74, 6) is 0. The molecule has 0 fully saturated rings. The van der Waals surface area contributed by atoms with Gasteiger partial charge in [-0.1, -0.05) is 18.2 Å². The summed E-state index contributed by atoms with van der Waals surface area (Å²) in [7, 11) is -4.02. The molecular weight excluding hydrogens is 213 g/mol. The van der Waals surface area contributed by atoms with Gasteiger partial charge in [0.2, 0.25) is 0 Å². The van der Waals surface area contributed by atoms with Crippen LogP contribution in [0.5, 0.6) is 0 Å².